The monoisotopic (exact) mass is 383 g/mol. The first kappa shape index (κ1) is 19.9. The van der Waals surface area contributed by atoms with E-state index in [0.717, 1.165) is 43.9 Å². The van der Waals surface area contributed by atoms with Gasteiger partial charge in [-0.15, -0.1) is 0 Å². The zero-order valence-corrected chi connectivity index (χ0v) is 17.7. The van der Waals surface area contributed by atoms with Crippen LogP contribution in [0.25, 0.3) is 0 Å². The molecule has 3 fully saturated rings. The molecule has 2 saturated heterocycles. The first-order valence-corrected chi connectivity index (χ1v) is 11.9. The van der Waals surface area contributed by atoms with Gasteiger partial charge in [0, 0.05) is 13.1 Å². The van der Waals surface area contributed by atoms with Crippen LogP contribution in [0.1, 0.15) is 63.9 Å². The van der Waals surface area contributed by atoms with Crippen LogP contribution in [0.4, 0.5) is 0 Å². The molecule has 3 nitrogen and oxygen atoms in total. The maximum absolute atomic E-state index is 13.2. The van der Waals surface area contributed by atoms with Crippen molar-refractivity contribution in [3.8, 4) is 0 Å². The van der Waals surface area contributed by atoms with Gasteiger partial charge in [0.2, 0.25) is 5.91 Å². The molecule has 2 atom stereocenters. The van der Waals surface area contributed by atoms with Crippen LogP contribution in [-0.4, -0.2) is 43.0 Å². The zero-order valence-electron chi connectivity index (χ0n) is 17.7. The van der Waals surface area contributed by atoms with Crippen molar-refractivity contribution in [1.29, 1.82) is 0 Å². The Balaban J connectivity index is 1.25. The predicted molar refractivity (Wildman–Crippen MR) is 114 cm³/mol. The molecule has 3 aliphatic rings. The maximum atomic E-state index is 13.2. The second kappa shape index (κ2) is 9.43. The number of nitrogens with zero attached hydrogens (tertiary/aromatic N) is 1. The molecule has 1 amide bonds. The van der Waals surface area contributed by atoms with Crippen LogP contribution in [0, 0.1) is 17.8 Å². The smallest absolute Gasteiger partial charge is 0.231 e. The molecule has 0 aromatic heterocycles. The van der Waals surface area contributed by atoms with E-state index in [1.54, 1.807) is 4.90 Å². The first-order valence-electron chi connectivity index (χ1n) is 11.9. The first-order chi connectivity index (χ1) is 13.7. The van der Waals surface area contributed by atoms with Crippen molar-refractivity contribution in [3.05, 3.63) is 35.9 Å². The summed E-state index contributed by atoms with van der Waals surface area (Å²) in [4.78, 5) is 17.2. The molecular weight excluding hydrogens is 344 g/mol. The second-order valence-corrected chi connectivity index (χ2v) is 9.87. The van der Waals surface area contributed by atoms with E-state index in [2.05, 4.69) is 42.2 Å². The third kappa shape index (κ3) is 4.97. The molecule has 1 aromatic rings. The molecule has 0 bridgehead atoms. The third-order valence-corrected chi connectivity index (χ3v) is 7.79. The largest absolute Gasteiger partial charge is 0.342 e. The van der Waals surface area contributed by atoms with Crippen LogP contribution in [0.15, 0.2) is 30.3 Å². The van der Waals surface area contributed by atoms with Gasteiger partial charge in [-0.05, 0) is 75.2 Å². The summed E-state index contributed by atoms with van der Waals surface area (Å²) >= 11 is 0. The van der Waals surface area contributed by atoms with Crippen molar-refractivity contribution in [3.63, 3.8) is 0 Å². The number of nitrogens with one attached hydrogen (secondary N) is 1. The van der Waals surface area contributed by atoms with Gasteiger partial charge in [0.15, 0.2) is 0 Å². The predicted octanol–water partition coefficient (Wildman–Crippen LogP) is 3.34. The standard InChI is InChI=1S/C25H38N2O/c1-20-9-11-24(12-10-20)27-15-5-8-23(19-27)25(28)26-16-13-22(14-17-26)18-21-6-3-2-4-7-21/h2-4,6-7,20,22-24H,5,8-19H2,1H3/p+1/t20?,23-,24?/m0/s1. The Morgan fingerprint density at radius 3 is 2.43 bits per heavy atom. The minimum absolute atomic E-state index is 0.286. The molecule has 1 aromatic carbocycles. The number of benzene rings is 1. The van der Waals surface area contributed by atoms with E-state index in [0.29, 0.717) is 5.91 Å². The van der Waals surface area contributed by atoms with Crippen LogP contribution in [-0.2, 0) is 11.2 Å². The molecule has 1 aliphatic carbocycles. The highest BCUT2D eigenvalue weighted by Crippen LogP contribution is 2.25. The van der Waals surface area contributed by atoms with Crippen molar-refractivity contribution in [2.24, 2.45) is 17.8 Å². The molecule has 1 unspecified atom stereocenters. The van der Waals surface area contributed by atoms with E-state index in [4.69, 9.17) is 0 Å². The minimum Gasteiger partial charge on any atom is -0.342 e. The fourth-order valence-corrected chi connectivity index (χ4v) is 5.91. The molecule has 0 radical (unpaired) electrons. The highest BCUT2D eigenvalue weighted by molar-refractivity contribution is 5.79. The Hall–Kier alpha value is -1.35. The number of likely N-dealkylation sites (tertiary alicyclic amines) is 2. The van der Waals surface area contributed by atoms with Crippen LogP contribution < -0.4 is 4.90 Å². The van der Waals surface area contributed by atoms with E-state index >= 15 is 0 Å². The summed E-state index contributed by atoms with van der Waals surface area (Å²) in [6, 6.07) is 11.7. The summed E-state index contributed by atoms with van der Waals surface area (Å²) in [6.07, 6.45) is 11.4. The number of quaternary nitrogens is 1. The molecule has 28 heavy (non-hydrogen) atoms. The molecule has 4 rings (SSSR count). The van der Waals surface area contributed by atoms with E-state index in [-0.39, 0.29) is 5.92 Å². The number of carbonyl (C=O) groups excluding carboxylic acids is 1. The molecular formula is C25H39N2O+. The van der Waals surface area contributed by atoms with Gasteiger partial charge in [-0.2, -0.15) is 0 Å². The highest BCUT2D eigenvalue weighted by atomic mass is 16.2. The Morgan fingerprint density at radius 1 is 1.00 bits per heavy atom. The fraction of sp³-hybridized carbons (Fsp3) is 0.720. The Labute approximate surface area is 171 Å². The lowest BCUT2D eigenvalue weighted by molar-refractivity contribution is -0.934. The van der Waals surface area contributed by atoms with E-state index in [1.807, 2.05) is 0 Å². The molecule has 0 spiro atoms. The normalized spacial score (nSPS) is 32.2. The summed E-state index contributed by atoms with van der Waals surface area (Å²) in [5, 5.41) is 0. The zero-order chi connectivity index (χ0) is 19.3. The van der Waals surface area contributed by atoms with Crippen molar-refractivity contribution < 1.29 is 9.69 Å². The maximum Gasteiger partial charge on any atom is 0.231 e. The van der Waals surface area contributed by atoms with E-state index in [9.17, 15) is 4.79 Å². The van der Waals surface area contributed by atoms with E-state index in [1.165, 1.54) is 63.5 Å². The number of carbonyl (C=O) groups is 1. The quantitative estimate of drug-likeness (QED) is 0.847. The number of rotatable bonds is 4. The van der Waals surface area contributed by atoms with Gasteiger partial charge < -0.3 is 9.80 Å². The Bertz CT molecular complexity index is 615. The SMILES string of the molecule is CC1CCC([NH+]2CCC[C@H](C(=O)N3CCC(Cc4ccccc4)CC3)C2)CC1. The average Bonchev–Trinajstić information content (AvgIpc) is 2.75. The lowest BCUT2D eigenvalue weighted by atomic mass is 9.84. The van der Waals surface area contributed by atoms with Gasteiger partial charge in [0.25, 0.3) is 0 Å². The van der Waals surface area contributed by atoms with Crippen molar-refractivity contribution in [1.82, 2.24) is 4.90 Å². The van der Waals surface area contributed by atoms with Gasteiger partial charge in [0.05, 0.1) is 25.0 Å². The van der Waals surface area contributed by atoms with Crippen LogP contribution in [0.5, 0.6) is 0 Å². The molecule has 1 N–H and O–H groups in total. The van der Waals surface area contributed by atoms with Crippen LogP contribution in [0.3, 0.4) is 0 Å². The van der Waals surface area contributed by atoms with Gasteiger partial charge in [-0.3, -0.25) is 4.79 Å². The Morgan fingerprint density at radius 2 is 1.71 bits per heavy atom. The number of piperidine rings is 2. The molecule has 2 aliphatic heterocycles. The summed E-state index contributed by atoms with van der Waals surface area (Å²) in [5.41, 5.74) is 1.44. The Kier molecular flexibility index (Phi) is 6.72. The summed E-state index contributed by atoms with van der Waals surface area (Å²) in [7, 11) is 0. The van der Waals surface area contributed by atoms with Crippen molar-refractivity contribution in [2.45, 2.75) is 70.8 Å². The lowest BCUT2D eigenvalue weighted by Gasteiger charge is -2.40. The topological polar surface area (TPSA) is 24.8 Å². The summed E-state index contributed by atoms with van der Waals surface area (Å²) in [5.74, 6) is 2.41. The van der Waals surface area contributed by atoms with Crippen LogP contribution in [0.2, 0.25) is 0 Å². The van der Waals surface area contributed by atoms with Gasteiger partial charge in [0.1, 0.15) is 0 Å². The number of amides is 1. The van der Waals surface area contributed by atoms with Crippen molar-refractivity contribution >= 4 is 5.91 Å². The fourth-order valence-electron chi connectivity index (χ4n) is 5.91. The molecule has 1 saturated carbocycles. The summed E-state index contributed by atoms with van der Waals surface area (Å²) < 4.78 is 0. The molecule has 2 heterocycles. The second-order valence-electron chi connectivity index (χ2n) is 9.87. The van der Waals surface area contributed by atoms with Gasteiger partial charge >= 0.3 is 0 Å². The number of hydrogen-bond acceptors (Lipinski definition) is 1. The van der Waals surface area contributed by atoms with E-state index < -0.39 is 0 Å². The molecule has 3 heteroatoms. The molecule has 154 valence electrons. The van der Waals surface area contributed by atoms with Gasteiger partial charge in [-0.25, -0.2) is 0 Å². The average molecular weight is 384 g/mol. The highest BCUT2D eigenvalue weighted by Gasteiger charge is 2.37. The lowest BCUT2D eigenvalue weighted by Crippen LogP contribution is -3.17. The summed E-state index contributed by atoms with van der Waals surface area (Å²) in [6.45, 7) is 6.74. The van der Waals surface area contributed by atoms with Gasteiger partial charge in [-0.1, -0.05) is 37.3 Å². The minimum atomic E-state index is 0.286. The van der Waals surface area contributed by atoms with Crippen molar-refractivity contribution in [2.75, 3.05) is 26.2 Å². The third-order valence-electron chi connectivity index (χ3n) is 7.79. The van der Waals surface area contributed by atoms with Crippen LogP contribution >= 0.6 is 0 Å². The number of hydrogen-bond donors (Lipinski definition) is 1.